The van der Waals surface area contributed by atoms with E-state index in [9.17, 15) is 0 Å². The molecule has 2 nitrogen and oxygen atoms in total. The smallest absolute Gasteiger partial charge is 0.0639 e. The summed E-state index contributed by atoms with van der Waals surface area (Å²) in [6, 6.07) is 20.2. The van der Waals surface area contributed by atoms with Crippen LogP contribution in [0.3, 0.4) is 0 Å². The molecule has 126 valence electrons. The molecular weight excluding hydrogens is 339 g/mol. The molecule has 0 aliphatic heterocycles. The minimum absolute atomic E-state index is 0. The lowest BCUT2D eigenvalue weighted by Crippen LogP contribution is -2.24. The first kappa shape index (κ1) is 18.6. The summed E-state index contributed by atoms with van der Waals surface area (Å²) in [5.74, 6) is 0.287. The molecular formula is C20H22Cl2N2. The third-order valence-corrected chi connectivity index (χ3v) is 4.71. The van der Waals surface area contributed by atoms with Crippen LogP contribution in [0, 0.1) is 5.92 Å². The van der Waals surface area contributed by atoms with Crippen molar-refractivity contribution in [1.82, 2.24) is 0 Å². The van der Waals surface area contributed by atoms with E-state index in [1.54, 1.807) is 0 Å². The first-order valence-electron chi connectivity index (χ1n) is 8.07. The highest BCUT2D eigenvalue weighted by Crippen LogP contribution is 2.32. The highest BCUT2D eigenvalue weighted by atomic mass is 35.5. The molecule has 2 atom stereocenters. The molecule has 24 heavy (non-hydrogen) atoms. The largest absolute Gasteiger partial charge is 0.362 e. The molecule has 3 rings (SSSR count). The van der Waals surface area contributed by atoms with Gasteiger partial charge in [-0.1, -0.05) is 36.4 Å². The summed E-state index contributed by atoms with van der Waals surface area (Å²) in [6.45, 7) is 0. The Morgan fingerprint density at radius 2 is 1.67 bits per heavy atom. The summed E-state index contributed by atoms with van der Waals surface area (Å²) in [5.41, 5.74) is 3.32. The standard InChI is InChI=1S/C20H21ClN2.ClH/c21-20-16(14-22-18-10-3-1-4-11-18)8-7-9-17(20)15-23-19-12-5-2-6-13-19;/h1-6,10-16,20,23H,7-9H2;1H/b17-15+,22-14?;. The van der Waals surface area contributed by atoms with Crippen molar-refractivity contribution in [3.8, 4) is 0 Å². The number of aliphatic imine (C=N–C) groups is 1. The third kappa shape index (κ3) is 5.12. The summed E-state index contributed by atoms with van der Waals surface area (Å²) in [7, 11) is 0. The first-order chi connectivity index (χ1) is 11.3. The lowest BCUT2D eigenvalue weighted by molar-refractivity contribution is 0.532. The van der Waals surface area contributed by atoms with Crippen LogP contribution in [0.15, 0.2) is 77.4 Å². The van der Waals surface area contributed by atoms with E-state index in [4.69, 9.17) is 11.6 Å². The first-order valence-corrected chi connectivity index (χ1v) is 8.50. The Morgan fingerprint density at radius 3 is 2.38 bits per heavy atom. The highest BCUT2D eigenvalue weighted by molar-refractivity contribution is 6.23. The van der Waals surface area contributed by atoms with Crippen molar-refractivity contribution >= 4 is 41.6 Å². The summed E-state index contributed by atoms with van der Waals surface area (Å²) in [4.78, 5) is 4.58. The van der Waals surface area contributed by atoms with Gasteiger partial charge in [-0.05, 0) is 49.1 Å². The predicted molar refractivity (Wildman–Crippen MR) is 107 cm³/mol. The fourth-order valence-electron chi connectivity index (χ4n) is 2.81. The average molecular weight is 361 g/mol. The molecule has 1 N–H and O–H groups in total. The van der Waals surface area contributed by atoms with Gasteiger partial charge in [0.15, 0.2) is 0 Å². The molecule has 1 saturated carbocycles. The van der Waals surface area contributed by atoms with Crippen molar-refractivity contribution < 1.29 is 0 Å². The molecule has 0 bridgehead atoms. The number of nitrogens with zero attached hydrogens (tertiary/aromatic N) is 1. The number of benzene rings is 2. The second-order valence-electron chi connectivity index (χ2n) is 5.80. The number of nitrogens with one attached hydrogen (secondary N) is 1. The van der Waals surface area contributed by atoms with Crippen LogP contribution in [0.5, 0.6) is 0 Å². The molecule has 0 aromatic heterocycles. The molecule has 1 aliphatic rings. The topological polar surface area (TPSA) is 24.4 Å². The molecule has 0 spiro atoms. The van der Waals surface area contributed by atoms with Gasteiger partial charge in [-0.25, -0.2) is 0 Å². The van der Waals surface area contributed by atoms with E-state index >= 15 is 0 Å². The van der Waals surface area contributed by atoms with E-state index in [0.29, 0.717) is 0 Å². The van der Waals surface area contributed by atoms with Gasteiger partial charge in [-0.3, -0.25) is 4.99 Å². The second-order valence-corrected chi connectivity index (χ2v) is 6.27. The molecule has 1 aliphatic carbocycles. The monoisotopic (exact) mass is 360 g/mol. The zero-order chi connectivity index (χ0) is 15.9. The van der Waals surface area contributed by atoms with Crippen LogP contribution in [0.25, 0.3) is 0 Å². The minimum atomic E-state index is 0. The Bertz CT molecular complexity index is 669. The molecule has 2 unspecified atom stereocenters. The van der Waals surface area contributed by atoms with Crippen molar-refractivity contribution in [3.05, 3.63) is 72.4 Å². The Labute approximate surface area is 155 Å². The number of anilines is 1. The van der Waals surface area contributed by atoms with Gasteiger partial charge >= 0.3 is 0 Å². The second kappa shape index (κ2) is 9.51. The van der Waals surface area contributed by atoms with E-state index < -0.39 is 0 Å². The van der Waals surface area contributed by atoms with Crippen LogP contribution in [0.2, 0.25) is 0 Å². The highest BCUT2D eigenvalue weighted by Gasteiger charge is 2.25. The third-order valence-electron chi connectivity index (χ3n) is 4.10. The Balaban J connectivity index is 0.00000208. The van der Waals surface area contributed by atoms with Crippen molar-refractivity contribution in [2.75, 3.05) is 5.32 Å². The van der Waals surface area contributed by atoms with E-state index in [1.807, 2.05) is 54.7 Å². The number of hydrogen-bond acceptors (Lipinski definition) is 2. The quantitative estimate of drug-likeness (QED) is 0.508. The normalized spacial score (nSPS) is 22.3. The summed E-state index contributed by atoms with van der Waals surface area (Å²) in [6.07, 6.45) is 7.37. The van der Waals surface area contributed by atoms with Crippen LogP contribution in [0.1, 0.15) is 19.3 Å². The number of rotatable bonds is 4. The van der Waals surface area contributed by atoms with Gasteiger partial charge in [-0.2, -0.15) is 0 Å². The van der Waals surface area contributed by atoms with Crippen LogP contribution in [-0.4, -0.2) is 11.6 Å². The number of para-hydroxylation sites is 2. The fraction of sp³-hybridized carbons (Fsp3) is 0.250. The van der Waals surface area contributed by atoms with E-state index in [-0.39, 0.29) is 23.7 Å². The maximum Gasteiger partial charge on any atom is 0.0639 e. The van der Waals surface area contributed by atoms with Gasteiger partial charge in [0.1, 0.15) is 0 Å². The van der Waals surface area contributed by atoms with Gasteiger partial charge in [0, 0.05) is 24.0 Å². The fourth-order valence-corrected chi connectivity index (χ4v) is 3.17. The maximum absolute atomic E-state index is 6.68. The average Bonchev–Trinajstić information content (AvgIpc) is 2.61. The number of alkyl halides is 1. The lowest BCUT2D eigenvalue weighted by atomic mass is 9.86. The molecule has 1 fully saturated rings. The summed E-state index contributed by atoms with van der Waals surface area (Å²) in [5, 5.41) is 3.36. The lowest BCUT2D eigenvalue weighted by Gasteiger charge is -2.27. The molecule has 0 radical (unpaired) electrons. The molecule has 0 heterocycles. The zero-order valence-corrected chi connectivity index (χ0v) is 15.0. The van der Waals surface area contributed by atoms with E-state index in [0.717, 1.165) is 30.6 Å². The Kier molecular flexibility index (Phi) is 7.36. The van der Waals surface area contributed by atoms with Crippen molar-refractivity contribution in [2.45, 2.75) is 24.6 Å². The number of hydrogen-bond donors (Lipinski definition) is 1. The van der Waals surface area contributed by atoms with Crippen molar-refractivity contribution in [2.24, 2.45) is 10.9 Å². The van der Waals surface area contributed by atoms with Crippen LogP contribution in [0.4, 0.5) is 11.4 Å². The van der Waals surface area contributed by atoms with Crippen LogP contribution < -0.4 is 5.32 Å². The van der Waals surface area contributed by atoms with Gasteiger partial charge in [0.05, 0.1) is 11.1 Å². The molecule has 4 heteroatoms. The van der Waals surface area contributed by atoms with Crippen molar-refractivity contribution in [3.63, 3.8) is 0 Å². The number of allylic oxidation sites excluding steroid dienone is 1. The Morgan fingerprint density at radius 1 is 1.00 bits per heavy atom. The molecule has 2 aromatic rings. The van der Waals surface area contributed by atoms with Gasteiger partial charge < -0.3 is 5.32 Å². The summed E-state index contributed by atoms with van der Waals surface area (Å²) < 4.78 is 0. The predicted octanol–water partition coefficient (Wildman–Crippen LogP) is 6.21. The molecule has 0 amide bonds. The van der Waals surface area contributed by atoms with Crippen molar-refractivity contribution in [1.29, 1.82) is 0 Å². The minimum Gasteiger partial charge on any atom is -0.362 e. The van der Waals surface area contributed by atoms with E-state index in [1.165, 1.54) is 5.57 Å². The van der Waals surface area contributed by atoms with Gasteiger partial charge in [-0.15, -0.1) is 24.0 Å². The van der Waals surface area contributed by atoms with Crippen LogP contribution in [-0.2, 0) is 0 Å². The maximum atomic E-state index is 6.68. The SMILES string of the molecule is Cl.ClC1/C(=C/Nc2ccccc2)CCCC1C=Nc1ccccc1. The van der Waals surface area contributed by atoms with Gasteiger partial charge in [0.2, 0.25) is 0 Å². The van der Waals surface area contributed by atoms with E-state index in [2.05, 4.69) is 28.6 Å². The molecule has 0 saturated heterocycles. The molecule has 2 aromatic carbocycles. The van der Waals surface area contributed by atoms with Crippen LogP contribution >= 0.6 is 24.0 Å². The van der Waals surface area contributed by atoms with Gasteiger partial charge in [0.25, 0.3) is 0 Å². The zero-order valence-electron chi connectivity index (χ0n) is 13.4. The summed E-state index contributed by atoms with van der Waals surface area (Å²) >= 11 is 6.68. The Hall–Kier alpha value is -1.77. The number of halogens is 2.